The third kappa shape index (κ3) is 6.40. The zero-order valence-electron chi connectivity index (χ0n) is 41.8. The molecule has 13 aromatic carbocycles. The van der Waals surface area contributed by atoms with Crippen LogP contribution in [0.15, 0.2) is 288 Å². The van der Waals surface area contributed by atoms with Crippen LogP contribution in [0, 0.1) is 0 Å². The van der Waals surface area contributed by atoms with Crippen molar-refractivity contribution in [2.75, 3.05) is 9.80 Å². The molecule has 1 aliphatic carbocycles. The lowest BCUT2D eigenvalue weighted by Crippen LogP contribution is -2.29. The fraction of sp³-hybridized carbons (Fsp3) is 0.0137. The van der Waals surface area contributed by atoms with Gasteiger partial charge in [0.2, 0.25) is 0 Å². The maximum Gasteiger partial charge on any atom is 0.159 e. The second-order valence-corrected chi connectivity index (χ2v) is 20.3. The highest BCUT2D eigenvalue weighted by Gasteiger charge is 2.48. The highest BCUT2D eigenvalue weighted by Crippen LogP contribution is 2.61. The first kappa shape index (κ1) is 43.3. The Morgan fingerprint density at radius 1 is 0.286 bits per heavy atom. The molecule has 0 N–H and O–H groups in total. The quantitative estimate of drug-likeness (QED) is 0.142. The van der Waals surface area contributed by atoms with Crippen LogP contribution in [0.3, 0.4) is 0 Å². The summed E-state index contributed by atoms with van der Waals surface area (Å²) in [6, 6.07) is 101. The molecule has 4 nitrogen and oxygen atoms in total. The average Bonchev–Trinajstić information content (AvgIpc) is 3.66. The van der Waals surface area contributed by atoms with Gasteiger partial charge in [0.15, 0.2) is 11.2 Å². The van der Waals surface area contributed by atoms with E-state index in [-0.39, 0.29) is 0 Å². The summed E-state index contributed by atoms with van der Waals surface area (Å²) < 4.78 is 13.5. The average molecular weight is 983 g/mol. The van der Waals surface area contributed by atoms with E-state index < -0.39 is 5.41 Å². The van der Waals surface area contributed by atoms with Gasteiger partial charge in [-0.2, -0.15) is 0 Å². The van der Waals surface area contributed by atoms with Gasteiger partial charge in [0.1, 0.15) is 11.2 Å². The molecule has 0 spiro atoms. The Morgan fingerprint density at radius 2 is 0.753 bits per heavy atom. The molecule has 16 rings (SSSR count). The van der Waals surface area contributed by atoms with Gasteiger partial charge in [0, 0.05) is 44.3 Å². The van der Waals surface area contributed by atoms with E-state index in [1.807, 2.05) is 12.1 Å². The third-order valence-corrected chi connectivity index (χ3v) is 16.2. The van der Waals surface area contributed by atoms with Crippen LogP contribution in [0.5, 0.6) is 0 Å². The number of anilines is 6. The molecule has 0 fully saturated rings. The van der Waals surface area contributed by atoms with Crippen LogP contribution in [0.4, 0.5) is 34.1 Å². The van der Waals surface area contributed by atoms with Crippen molar-refractivity contribution in [1.82, 2.24) is 0 Å². The Bertz CT molecular complexity index is 4770. The maximum absolute atomic E-state index is 6.76. The zero-order valence-corrected chi connectivity index (χ0v) is 41.8. The molecule has 0 aliphatic heterocycles. The van der Waals surface area contributed by atoms with Crippen molar-refractivity contribution in [3.8, 4) is 11.1 Å². The summed E-state index contributed by atoms with van der Waals surface area (Å²) in [6.45, 7) is 0. The van der Waals surface area contributed by atoms with Crippen molar-refractivity contribution in [3.63, 3.8) is 0 Å². The molecule has 77 heavy (non-hydrogen) atoms. The number of rotatable bonds is 8. The lowest BCUT2D eigenvalue weighted by atomic mass is 9.66. The van der Waals surface area contributed by atoms with E-state index in [9.17, 15) is 0 Å². The molecular formula is C73H46N2O2. The Morgan fingerprint density at radius 3 is 1.32 bits per heavy atom. The predicted molar refractivity (Wildman–Crippen MR) is 320 cm³/mol. The van der Waals surface area contributed by atoms with E-state index in [1.54, 1.807) is 0 Å². The Labute approximate surface area is 444 Å². The van der Waals surface area contributed by atoms with Crippen molar-refractivity contribution in [3.05, 3.63) is 301 Å². The molecule has 15 aromatic rings. The molecule has 4 heteroatoms. The Balaban J connectivity index is 0.969. The van der Waals surface area contributed by atoms with Gasteiger partial charge >= 0.3 is 0 Å². The molecule has 0 saturated carbocycles. The lowest BCUT2D eigenvalue weighted by molar-refractivity contribution is 0.668. The van der Waals surface area contributed by atoms with Gasteiger partial charge in [0.25, 0.3) is 0 Å². The van der Waals surface area contributed by atoms with Crippen molar-refractivity contribution in [1.29, 1.82) is 0 Å². The minimum absolute atomic E-state index is 0.709. The zero-order chi connectivity index (χ0) is 50.6. The predicted octanol–water partition coefficient (Wildman–Crippen LogP) is 20.2. The van der Waals surface area contributed by atoms with Crippen LogP contribution in [-0.4, -0.2) is 0 Å². The summed E-state index contributed by atoms with van der Waals surface area (Å²) >= 11 is 0. The molecule has 2 aromatic heterocycles. The number of para-hydroxylation sites is 6. The summed E-state index contributed by atoms with van der Waals surface area (Å²) in [7, 11) is 0. The van der Waals surface area contributed by atoms with Crippen LogP contribution in [0.2, 0.25) is 0 Å². The highest BCUT2D eigenvalue weighted by molar-refractivity contribution is 6.21. The van der Waals surface area contributed by atoms with Crippen molar-refractivity contribution in [2.45, 2.75) is 5.41 Å². The van der Waals surface area contributed by atoms with Crippen molar-refractivity contribution < 1.29 is 8.83 Å². The SMILES string of the molecule is c1ccc(N(c2ccc3cc4c(cc3c2)C(c2ccccc2)(c2ccccc2)c2c-4c3ccccc3c3cc(N(c4ccccc4)c4cccc5c4oc4ccccc45)ccc23)c2cccc3c2oc2ccccc23)cc1. The van der Waals surface area contributed by atoms with Gasteiger partial charge < -0.3 is 18.6 Å². The monoisotopic (exact) mass is 982 g/mol. The summed E-state index contributed by atoms with van der Waals surface area (Å²) in [5.74, 6) is 0. The topological polar surface area (TPSA) is 32.8 Å². The minimum atomic E-state index is -0.709. The van der Waals surface area contributed by atoms with E-state index >= 15 is 0 Å². The molecule has 2 heterocycles. The van der Waals surface area contributed by atoms with Crippen LogP contribution in [-0.2, 0) is 5.41 Å². The molecule has 0 unspecified atom stereocenters. The molecule has 0 atom stereocenters. The normalized spacial score (nSPS) is 12.8. The summed E-state index contributed by atoms with van der Waals surface area (Å²) in [5, 5.41) is 11.5. The third-order valence-electron chi connectivity index (χ3n) is 16.2. The van der Waals surface area contributed by atoms with E-state index in [0.717, 1.165) is 83.4 Å². The fourth-order valence-corrected chi connectivity index (χ4v) is 13.0. The minimum Gasteiger partial charge on any atom is -0.454 e. The number of nitrogens with zero attached hydrogens (tertiary/aromatic N) is 2. The van der Waals surface area contributed by atoms with Gasteiger partial charge in [-0.05, 0) is 151 Å². The smallest absolute Gasteiger partial charge is 0.159 e. The number of hydrogen-bond donors (Lipinski definition) is 0. The standard InChI is InChI=1S/C73H46N2O2/c1-5-21-49(22-6-1)73(50-23-7-2-8-24-50)64-45-48-43-53(74(51-25-9-3-10-26-51)65-35-19-33-60-56-30-15-17-37-67(56)76-71(60)65)40-39-47(48)44-63(64)69-58-32-14-13-29-55(58)62-46-54(41-42-59(62)70(69)73)75(52-27-11-4-12-28-52)66-36-20-34-61-57-31-16-18-38-68(57)77-72(61)66/h1-46H. The second kappa shape index (κ2) is 16.9. The first-order valence-electron chi connectivity index (χ1n) is 26.4. The molecular weight excluding hydrogens is 937 g/mol. The van der Waals surface area contributed by atoms with Gasteiger partial charge in [-0.1, -0.05) is 194 Å². The van der Waals surface area contributed by atoms with E-state index in [1.165, 1.54) is 60.3 Å². The lowest BCUT2D eigenvalue weighted by Gasteiger charge is -2.35. The first-order valence-corrected chi connectivity index (χ1v) is 26.4. The van der Waals surface area contributed by atoms with E-state index in [0.29, 0.717) is 0 Å². The van der Waals surface area contributed by atoms with Crippen molar-refractivity contribution >= 4 is 110 Å². The molecule has 0 saturated heterocycles. The van der Waals surface area contributed by atoms with Crippen LogP contribution in [0.25, 0.3) is 87.3 Å². The molecule has 360 valence electrons. The van der Waals surface area contributed by atoms with Crippen molar-refractivity contribution in [2.24, 2.45) is 0 Å². The van der Waals surface area contributed by atoms with E-state index in [2.05, 4.69) is 277 Å². The Kier molecular flexibility index (Phi) is 9.52. The summed E-state index contributed by atoms with van der Waals surface area (Å²) in [6.07, 6.45) is 0. The molecule has 0 radical (unpaired) electrons. The summed E-state index contributed by atoms with van der Waals surface area (Å²) in [4.78, 5) is 4.71. The molecule has 0 bridgehead atoms. The highest BCUT2D eigenvalue weighted by atomic mass is 16.3. The van der Waals surface area contributed by atoms with Crippen LogP contribution in [0.1, 0.15) is 22.3 Å². The van der Waals surface area contributed by atoms with Crippen LogP contribution >= 0.6 is 0 Å². The molecule has 1 aliphatic rings. The Hall–Kier alpha value is -10.2. The summed E-state index contributed by atoms with van der Waals surface area (Å²) in [5.41, 5.74) is 16.4. The maximum atomic E-state index is 6.76. The fourth-order valence-electron chi connectivity index (χ4n) is 13.0. The molecule has 0 amide bonds. The van der Waals surface area contributed by atoms with Gasteiger partial charge in [-0.25, -0.2) is 0 Å². The number of benzene rings is 13. The van der Waals surface area contributed by atoms with Gasteiger partial charge in [-0.3, -0.25) is 0 Å². The van der Waals surface area contributed by atoms with E-state index in [4.69, 9.17) is 8.83 Å². The van der Waals surface area contributed by atoms with Gasteiger partial charge in [0.05, 0.1) is 16.8 Å². The van der Waals surface area contributed by atoms with Gasteiger partial charge in [-0.15, -0.1) is 0 Å². The number of fused-ring (bicyclic) bond motifs is 15. The number of hydrogen-bond acceptors (Lipinski definition) is 4. The van der Waals surface area contributed by atoms with Crippen LogP contribution < -0.4 is 9.80 Å². The largest absolute Gasteiger partial charge is 0.454 e. The second-order valence-electron chi connectivity index (χ2n) is 20.3. The number of furan rings is 2. The first-order chi connectivity index (χ1) is 38.2.